The monoisotopic (exact) mass is 220 g/mol. The first-order valence-corrected chi connectivity index (χ1v) is 6.55. The van der Waals surface area contributed by atoms with Gasteiger partial charge in [-0.15, -0.1) is 11.3 Å². The molecule has 0 aromatic carbocycles. The second-order valence-electron chi connectivity index (χ2n) is 4.99. The quantitative estimate of drug-likeness (QED) is 0.673. The van der Waals surface area contributed by atoms with Crippen LogP contribution in [0.1, 0.15) is 24.1 Å². The Labute approximate surface area is 93.8 Å². The highest BCUT2D eigenvalue weighted by molar-refractivity contribution is 7.10. The standard InChI is InChI=1S/C12H14NOS/c1-13-8-4-5-9(13)11-12(7-8,14-11)10-3-2-6-15-10/h2,6,8-9,11H,4-5,7H2,1H3/t8?,9?,11?,12-/m1/s1. The molecule has 15 heavy (non-hydrogen) atoms. The van der Waals surface area contributed by atoms with Gasteiger partial charge < -0.3 is 4.74 Å². The Morgan fingerprint density at radius 1 is 1.60 bits per heavy atom. The normalized spacial score (nSPS) is 47.9. The van der Waals surface area contributed by atoms with Gasteiger partial charge in [0.2, 0.25) is 0 Å². The molecule has 4 rings (SSSR count). The minimum Gasteiger partial charge on any atom is -0.358 e. The maximum Gasteiger partial charge on any atom is 0.132 e. The number of hydrogen-bond donors (Lipinski definition) is 0. The fourth-order valence-corrected chi connectivity index (χ4v) is 4.35. The Morgan fingerprint density at radius 2 is 2.53 bits per heavy atom. The van der Waals surface area contributed by atoms with E-state index < -0.39 is 0 Å². The van der Waals surface area contributed by atoms with E-state index >= 15 is 0 Å². The van der Waals surface area contributed by atoms with Gasteiger partial charge in [-0.3, -0.25) is 4.90 Å². The van der Waals surface area contributed by atoms with E-state index in [2.05, 4.69) is 23.4 Å². The van der Waals surface area contributed by atoms with Gasteiger partial charge in [0.05, 0.1) is 0 Å². The number of rotatable bonds is 1. The predicted molar refractivity (Wildman–Crippen MR) is 58.9 cm³/mol. The van der Waals surface area contributed by atoms with Gasteiger partial charge in [-0.2, -0.15) is 0 Å². The van der Waals surface area contributed by atoms with Crippen molar-refractivity contribution in [3.63, 3.8) is 0 Å². The van der Waals surface area contributed by atoms with E-state index in [1.54, 1.807) is 11.3 Å². The molecular weight excluding hydrogens is 206 g/mol. The molecule has 1 radical (unpaired) electrons. The molecule has 1 aromatic heterocycles. The van der Waals surface area contributed by atoms with Crippen molar-refractivity contribution >= 4 is 11.3 Å². The van der Waals surface area contributed by atoms with Crippen LogP contribution in [0.5, 0.6) is 0 Å². The number of piperidine rings is 1. The van der Waals surface area contributed by atoms with Crippen LogP contribution >= 0.6 is 11.3 Å². The Kier molecular flexibility index (Phi) is 1.54. The third kappa shape index (κ3) is 0.967. The number of fused-ring (bicyclic) bond motifs is 4. The molecule has 3 unspecified atom stereocenters. The van der Waals surface area contributed by atoms with Gasteiger partial charge in [-0.05, 0) is 43.8 Å². The van der Waals surface area contributed by atoms with Crippen LogP contribution in [0.25, 0.3) is 0 Å². The number of ether oxygens (including phenoxy) is 1. The van der Waals surface area contributed by atoms with Crippen LogP contribution in [-0.2, 0) is 10.3 Å². The predicted octanol–water partition coefficient (Wildman–Crippen LogP) is 2.01. The number of hydrogen-bond acceptors (Lipinski definition) is 3. The third-order valence-corrected chi connectivity index (χ3v) is 5.35. The summed E-state index contributed by atoms with van der Waals surface area (Å²) in [6, 6.07) is 6.78. The third-order valence-electron chi connectivity index (χ3n) is 4.38. The SMILES string of the molecule is CN1C2CCC1C1O[C@@]1(c1[c]ccs1)C2. The van der Waals surface area contributed by atoms with Crippen LogP contribution in [0.3, 0.4) is 0 Å². The van der Waals surface area contributed by atoms with Crippen LogP contribution in [0.2, 0.25) is 0 Å². The van der Waals surface area contributed by atoms with Crippen LogP contribution in [0.4, 0.5) is 0 Å². The van der Waals surface area contributed by atoms with Crippen molar-refractivity contribution in [3.8, 4) is 0 Å². The molecule has 0 spiro atoms. The molecule has 3 aliphatic rings. The highest BCUT2D eigenvalue weighted by atomic mass is 32.1. The van der Waals surface area contributed by atoms with Crippen molar-refractivity contribution in [3.05, 3.63) is 22.4 Å². The summed E-state index contributed by atoms with van der Waals surface area (Å²) >= 11 is 1.80. The minimum atomic E-state index is 0.0759. The lowest BCUT2D eigenvalue weighted by atomic mass is 9.90. The topological polar surface area (TPSA) is 15.8 Å². The van der Waals surface area contributed by atoms with Crippen LogP contribution < -0.4 is 0 Å². The first-order valence-electron chi connectivity index (χ1n) is 5.67. The lowest BCUT2D eigenvalue weighted by Crippen LogP contribution is -2.44. The molecule has 1 aromatic rings. The summed E-state index contributed by atoms with van der Waals surface area (Å²) in [7, 11) is 2.26. The molecule has 0 amide bonds. The van der Waals surface area contributed by atoms with Gasteiger partial charge in [0.25, 0.3) is 0 Å². The van der Waals surface area contributed by atoms with Crippen molar-refractivity contribution in [2.45, 2.75) is 43.1 Å². The molecule has 3 aliphatic heterocycles. The number of likely N-dealkylation sites (N-methyl/N-ethyl adjacent to an activating group) is 1. The van der Waals surface area contributed by atoms with Crippen molar-refractivity contribution in [1.82, 2.24) is 4.90 Å². The summed E-state index contributed by atoms with van der Waals surface area (Å²) in [6.45, 7) is 0. The van der Waals surface area contributed by atoms with E-state index in [0.717, 1.165) is 6.04 Å². The van der Waals surface area contributed by atoms with Gasteiger partial charge in [0.15, 0.2) is 0 Å². The summed E-state index contributed by atoms with van der Waals surface area (Å²) < 4.78 is 6.05. The highest BCUT2D eigenvalue weighted by Crippen LogP contribution is 2.60. The Balaban J connectivity index is 1.74. The number of nitrogens with zero attached hydrogens (tertiary/aromatic N) is 1. The zero-order valence-corrected chi connectivity index (χ0v) is 9.59. The summed E-state index contributed by atoms with van der Waals surface area (Å²) in [5, 5.41) is 2.11. The van der Waals surface area contributed by atoms with Gasteiger partial charge >= 0.3 is 0 Å². The molecule has 2 bridgehead atoms. The second-order valence-corrected chi connectivity index (χ2v) is 5.91. The van der Waals surface area contributed by atoms with E-state index in [0.29, 0.717) is 12.1 Å². The van der Waals surface area contributed by atoms with Gasteiger partial charge in [-0.25, -0.2) is 0 Å². The Morgan fingerprint density at radius 3 is 3.33 bits per heavy atom. The summed E-state index contributed by atoms with van der Waals surface area (Å²) in [5.41, 5.74) is 0.0759. The van der Waals surface area contributed by atoms with Gasteiger partial charge in [-0.1, -0.05) is 0 Å². The van der Waals surface area contributed by atoms with E-state index in [9.17, 15) is 0 Å². The molecule has 0 N–H and O–H groups in total. The van der Waals surface area contributed by atoms with Crippen molar-refractivity contribution in [2.24, 2.45) is 0 Å². The summed E-state index contributed by atoms with van der Waals surface area (Å²) in [5.74, 6) is 0. The van der Waals surface area contributed by atoms with Crippen LogP contribution in [0, 0.1) is 6.07 Å². The largest absolute Gasteiger partial charge is 0.358 e. The summed E-state index contributed by atoms with van der Waals surface area (Å²) in [6.07, 6.45) is 4.31. The number of epoxide rings is 1. The second kappa shape index (κ2) is 2.65. The average Bonchev–Trinajstić information content (AvgIpc) is 2.58. The molecule has 0 aliphatic carbocycles. The maximum absolute atomic E-state index is 6.05. The van der Waals surface area contributed by atoms with E-state index in [1.807, 2.05) is 6.07 Å². The van der Waals surface area contributed by atoms with Crippen LogP contribution in [-0.4, -0.2) is 30.1 Å². The first-order chi connectivity index (χ1) is 7.31. The van der Waals surface area contributed by atoms with Gasteiger partial charge in [0, 0.05) is 17.0 Å². The molecular formula is C12H14NOS. The van der Waals surface area contributed by atoms with Crippen molar-refractivity contribution < 1.29 is 4.74 Å². The zero-order valence-electron chi connectivity index (χ0n) is 8.77. The Hall–Kier alpha value is -0.380. The molecule has 0 saturated carbocycles. The smallest absolute Gasteiger partial charge is 0.132 e. The Bertz CT molecular complexity index is 390. The lowest BCUT2D eigenvalue weighted by molar-refractivity contribution is 0.178. The van der Waals surface area contributed by atoms with Gasteiger partial charge in [0.1, 0.15) is 11.7 Å². The molecule has 79 valence electrons. The fourth-order valence-electron chi connectivity index (χ4n) is 3.49. The first kappa shape index (κ1) is 8.74. The molecule has 4 heterocycles. The number of thiophene rings is 1. The minimum absolute atomic E-state index is 0.0759. The highest BCUT2D eigenvalue weighted by Gasteiger charge is 2.68. The molecule has 2 nitrogen and oxygen atoms in total. The van der Waals surface area contributed by atoms with Crippen molar-refractivity contribution in [1.29, 1.82) is 0 Å². The average molecular weight is 220 g/mol. The summed E-state index contributed by atoms with van der Waals surface area (Å²) in [4.78, 5) is 3.86. The fraction of sp³-hybridized carbons (Fsp3) is 0.667. The van der Waals surface area contributed by atoms with E-state index in [-0.39, 0.29) is 5.60 Å². The molecule has 3 fully saturated rings. The molecule has 4 atom stereocenters. The van der Waals surface area contributed by atoms with E-state index in [4.69, 9.17) is 4.74 Å². The maximum atomic E-state index is 6.05. The molecule has 3 heteroatoms. The van der Waals surface area contributed by atoms with E-state index in [1.165, 1.54) is 24.1 Å². The van der Waals surface area contributed by atoms with Crippen LogP contribution in [0.15, 0.2) is 11.4 Å². The zero-order chi connectivity index (χ0) is 10.0. The van der Waals surface area contributed by atoms with Crippen molar-refractivity contribution in [2.75, 3.05) is 7.05 Å². The molecule has 3 saturated heterocycles. The lowest BCUT2D eigenvalue weighted by Gasteiger charge is -2.32.